The number of ether oxygens (including phenoxy) is 1. The summed E-state index contributed by atoms with van der Waals surface area (Å²) in [6.45, 7) is 9.77. The van der Waals surface area contributed by atoms with E-state index in [1.807, 2.05) is 17.9 Å². The fourth-order valence-electron chi connectivity index (χ4n) is 5.22. The molecule has 3 rings (SSSR count). The van der Waals surface area contributed by atoms with Crippen LogP contribution in [0.2, 0.25) is 0 Å². The predicted octanol–water partition coefficient (Wildman–Crippen LogP) is 3.57. The highest BCUT2D eigenvalue weighted by Gasteiger charge is 2.45. The first-order chi connectivity index (χ1) is 16.6. The molecule has 8 heteroatoms. The van der Waals surface area contributed by atoms with Crippen LogP contribution in [0.5, 0.6) is 5.75 Å². The number of benzene rings is 1. The summed E-state index contributed by atoms with van der Waals surface area (Å²) in [6, 6.07) is 3.87. The van der Waals surface area contributed by atoms with Gasteiger partial charge in [-0.1, -0.05) is 26.2 Å². The Morgan fingerprint density at radius 3 is 2.54 bits per heavy atom. The number of rotatable bonds is 9. The largest absolute Gasteiger partial charge is 0.475 e. The van der Waals surface area contributed by atoms with E-state index in [1.165, 1.54) is 6.42 Å². The average molecular weight is 488 g/mol. The molecule has 8 nitrogen and oxygen atoms in total. The van der Waals surface area contributed by atoms with Gasteiger partial charge in [0.25, 0.3) is 11.8 Å². The lowest BCUT2D eigenvalue weighted by Crippen LogP contribution is -2.56. The van der Waals surface area contributed by atoms with Gasteiger partial charge in [0.2, 0.25) is 5.91 Å². The molecular weight excluding hydrogens is 446 g/mol. The molecule has 1 heterocycles. The van der Waals surface area contributed by atoms with Gasteiger partial charge in [0.05, 0.1) is 5.69 Å². The van der Waals surface area contributed by atoms with Gasteiger partial charge < -0.3 is 25.0 Å². The lowest BCUT2D eigenvalue weighted by Gasteiger charge is -2.41. The number of carbonyl (C=O) groups excluding carboxylic acids is 3. The molecule has 1 fully saturated rings. The van der Waals surface area contributed by atoms with Crippen molar-refractivity contribution >= 4 is 23.4 Å². The van der Waals surface area contributed by atoms with E-state index in [-0.39, 0.29) is 55.9 Å². The van der Waals surface area contributed by atoms with Crippen LogP contribution >= 0.6 is 0 Å². The zero-order valence-electron chi connectivity index (χ0n) is 21.9. The second-order valence-electron chi connectivity index (χ2n) is 10.2. The minimum atomic E-state index is -1.22. The van der Waals surface area contributed by atoms with Crippen molar-refractivity contribution in [3.8, 4) is 5.75 Å². The number of fused-ring (bicyclic) bond motifs is 1. The van der Waals surface area contributed by atoms with Gasteiger partial charge in [-0.15, -0.1) is 0 Å². The van der Waals surface area contributed by atoms with Crippen LogP contribution in [0.15, 0.2) is 12.1 Å². The van der Waals surface area contributed by atoms with Crippen molar-refractivity contribution in [3.63, 3.8) is 0 Å². The molecule has 0 bridgehead atoms. The first-order valence-electron chi connectivity index (χ1n) is 13.0. The van der Waals surface area contributed by atoms with Crippen molar-refractivity contribution in [1.82, 2.24) is 10.2 Å². The Labute approximate surface area is 209 Å². The highest BCUT2D eigenvalue weighted by Crippen LogP contribution is 2.41. The predicted molar refractivity (Wildman–Crippen MR) is 136 cm³/mol. The van der Waals surface area contributed by atoms with Crippen LogP contribution in [-0.2, 0) is 9.59 Å². The lowest BCUT2D eigenvalue weighted by atomic mass is 9.92. The molecule has 2 N–H and O–H groups in total. The molecule has 1 aliphatic heterocycles. The molecule has 0 unspecified atom stereocenters. The van der Waals surface area contributed by atoms with E-state index in [0.717, 1.165) is 31.2 Å². The van der Waals surface area contributed by atoms with Crippen LogP contribution in [0.4, 0.5) is 5.69 Å². The first kappa shape index (κ1) is 27.0. The summed E-state index contributed by atoms with van der Waals surface area (Å²) in [6.07, 6.45) is 6.01. The smallest absolute Gasteiger partial charge is 0.271 e. The Hall–Kier alpha value is -2.61. The standard InChI is InChI=1S/C27H41N3O5/c1-6-24(32)28-13-14-29-22-17-21(25(33)30(18(2)3)20-10-8-7-9-11-20)19(4)16-23(22)35-27(5,12-15-31)26(29)34/h16-18,20,31H,6-15H2,1-5H3,(H,28,32)/t27-/m1/s1. The summed E-state index contributed by atoms with van der Waals surface area (Å²) in [5.74, 6) is 0.0942. The number of aliphatic hydroxyl groups excluding tert-OH is 1. The molecule has 194 valence electrons. The molecule has 35 heavy (non-hydrogen) atoms. The number of anilines is 1. The fraction of sp³-hybridized carbons (Fsp3) is 0.667. The Morgan fingerprint density at radius 1 is 1.26 bits per heavy atom. The summed E-state index contributed by atoms with van der Waals surface area (Å²) in [5.41, 5.74) is 0.654. The summed E-state index contributed by atoms with van der Waals surface area (Å²) in [7, 11) is 0. The van der Waals surface area contributed by atoms with Crippen LogP contribution in [0, 0.1) is 6.92 Å². The van der Waals surface area contributed by atoms with E-state index in [4.69, 9.17) is 4.74 Å². The third-order valence-electron chi connectivity index (χ3n) is 7.19. The minimum Gasteiger partial charge on any atom is -0.475 e. The Kier molecular flexibility index (Phi) is 8.80. The highest BCUT2D eigenvalue weighted by atomic mass is 16.5. The van der Waals surface area contributed by atoms with Gasteiger partial charge >= 0.3 is 0 Å². The minimum absolute atomic E-state index is 0.0254. The van der Waals surface area contributed by atoms with Gasteiger partial charge in [-0.25, -0.2) is 0 Å². The Bertz CT molecular complexity index is 941. The van der Waals surface area contributed by atoms with E-state index in [2.05, 4.69) is 19.2 Å². The number of amides is 3. The normalized spacial score (nSPS) is 20.4. The van der Waals surface area contributed by atoms with Crippen LogP contribution in [0.1, 0.15) is 88.6 Å². The van der Waals surface area contributed by atoms with Crippen LogP contribution in [0.3, 0.4) is 0 Å². The van der Waals surface area contributed by atoms with Crippen molar-refractivity contribution < 1.29 is 24.2 Å². The van der Waals surface area contributed by atoms with E-state index >= 15 is 0 Å². The highest BCUT2D eigenvalue weighted by molar-refractivity contribution is 6.05. The Balaban J connectivity index is 1.99. The van der Waals surface area contributed by atoms with Crippen molar-refractivity contribution in [2.24, 2.45) is 0 Å². The van der Waals surface area contributed by atoms with Gasteiger partial charge in [0, 0.05) is 50.2 Å². The molecule has 1 aromatic rings. The number of hydrogen-bond donors (Lipinski definition) is 2. The quantitative estimate of drug-likeness (QED) is 0.555. The van der Waals surface area contributed by atoms with Crippen LogP contribution < -0.4 is 15.0 Å². The molecule has 3 amide bonds. The zero-order chi connectivity index (χ0) is 25.8. The van der Waals surface area contributed by atoms with Crippen molar-refractivity contribution in [2.45, 2.75) is 97.2 Å². The van der Waals surface area contributed by atoms with Gasteiger partial charge in [-0.3, -0.25) is 14.4 Å². The van der Waals surface area contributed by atoms with Gasteiger partial charge in [0.15, 0.2) is 5.60 Å². The monoisotopic (exact) mass is 487 g/mol. The van der Waals surface area contributed by atoms with E-state index < -0.39 is 5.60 Å². The van der Waals surface area contributed by atoms with E-state index in [1.54, 1.807) is 24.8 Å². The molecule has 1 aromatic carbocycles. The third kappa shape index (κ3) is 5.80. The summed E-state index contributed by atoms with van der Waals surface area (Å²) in [5, 5.41) is 12.4. The molecule has 0 radical (unpaired) electrons. The van der Waals surface area contributed by atoms with Gasteiger partial charge in [-0.05, 0) is 58.2 Å². The molecular formula is C27H41N3O5. The average Bonchev–Trinajstić information content (AvgIpc) is 2.81. The number of carbonyl (C=O) groups is 3. The third-order valence-corrected chi connectivity index (χ3v) is 7.19. The number of aliphatic hydroxyl groups is 1. The van der Waals surface area contributed by atoms with Crippen LogP contribution in [-0.4, -0.2) is 65.1 Å². The molecule has 0 spiro atoms. The summed E-state index contributed by atoms with van der Waals surface area (Å²) < 4.78 is 6.13. The van der Waals surface area contributed by atoms with E-state index in [0.29, 0.717) is 23.4 Å². The van der Waals surface area contributed by atoms with Crippen molar-refractivity contribution in [3.05, 3.63) is 23.3 Å². The number of aryl methyl sites for hydroxylation is 1. The van der Waals surface area contributed by atoms with Crippen molar-refractivity contribution in [2.75, 3.05) is 24.6 Å². The molecule has 2 aliphatic rings. The van der Waals surface area contributed by atoms with Gasteiger partial charge in [-0.2, -0.15) is 0 Å². The first-order valence-corrected chi connectivity index (χ1v) is 13.0. The SMILES string of the molecule is CCC(=O)NCCN1C(=O)[C@@](C)(CCO)Oc2cc(C)c(C(=O)N(C(C)C)C3CCCCC3)cc21. The molecule has 0 aromatic heterocycles. The Morgan fingerprint density at radius 2 is 1.94 bits per heavy atom. The number of hydrogen-bond acceptors (Lipinski definition) is 5. The maximum atomic E-state index is 13.8. The molecule has 1 aliphatic carbocycles. The lowest BCUT2D eigenvalue weighted by molar-refractivity contribution is -0.135. The molecule has 0 saturated heterocycles. The summed E-state index contributed by atoms with van der Waals surface area (Å²) >= 11 is 0. The maximum Gasteiger partial charge on any atom is 0.271 e. The second-order valence-corrected chi connectivity index (χ2v) is 10.2. The van der Waals surface area contributed by atoms with E-state index in [9.17, 15) is 19.5 Å². The summed E-state index contributed by atoms with van der Waals surface area (Å²) in [4.78, 5) is 42.7. The molecule has 1 saturated carbocycles. The maximum absolute atomic E-state index is 13.8. The van der Waals surface area contributed by atoms with Crippen molar-refractivity contribution in [1.29, 1.82) is 0 Å². The number of nitrogens with zero attached hydrogens (tertiary/aromatic N) is 2. The molecule has 1 atom stereocenters. The van der Waals surface area contributed by atoms with Crippen LogP contribution in [0.25, 0.3) is 0 Å². The fourth-order valence-corrected chi connectivity index (χ4v) is 5.22. The van der Waals surface area contributed by atoms with Gasteiger partial charge in [0.1, 0.15) is 5.75 Å². The topological polar surface area (TPSA) is 99.2 Å². The zero-order valence-corrected chi connectivity index (χ0v) is 21.9. The number of nitrogens with one attached hydrogen (secondary N) is 1. The second kappa shape index (κ2) is 11.4.